The largest absolute Gasteiger partial charge is 0.449 e. The second kappa shape index (κ2) is 6.92. The smallest absolute Gasteiger partial charge is 0.294 e. The number of benzene rings is 1. The number of furan rings is 1. The van der Waals surface area contributed by atoms with Crippen molar-refractivity contribution in [3.05, 3.63) is 40.4 Å². The van der Waals surface area contributed by atoms with E-state index in [1.807, 2.05) is 24.3 Å². The molecule has 0 unspecified atom stereocenters. The number of carbonyl (C=O) groups is 1. The lowest BCUT2D eigenvalue weighted by molar-refractivity contribution is -0.119. The van der Waals surface area contributed by atoms with E-state index in [9.17, 15) is 9.59 Å². The summed E-state index contributed by atoms with van der Waals surface area (Å²) in [5.41, 5.74) is 1.35. The second-order valence-corrected chi connectivity index (χ2v) is 6.95. The number of fused-ring (bicyclic) bond motifs is 3. The number of amides is 1. The predicted octanol–water partition coefficient (Wildman–Crippen LogP) is 2.02. The Kier molecular flexibility index (Phi) is 4.46. The summed E-state index contributed by atoms with van der Waals surface area (Å²) >= 11 is 0. The Bertz CT molecular complexity index is 999. The molecule has 3 aromatic rings. The van der Waals surface area contributed by atoms with Gasteiger partial charge in [-0.15, -0.1) is 0 Å². The minimum absolute atomic E-state index is 0.0230. The average Bonchev–Trinajstić information content (AvgIpc) is 3.01. The number of piperidine rings is 1. The van der Waals surface area contributed by atoms with E-state index >= 15 is 0 Å². The molecule has 1 fully saturated rings. The third kappa shape index (κ3) is 3.35. The Morgan fingerprint density at radius 1 is 1.35 bits per heavy atom. The number of aromatic nitrogens is 2. The molecule has 3 heterocycles. The Morgan fingerprint density at radius 3 is 2.88 bits per heavy atom. The van der Waals surface area contributed by atoms with Gasteiger partial charge in [-0.25, -0.2) is 4.98 Å². The highest BCUT2D eigenvalue weighted by molar-refractivity contribution is 6.01. The molecule has 0 saturated carbocycles. The van der Waals surface area contributed by atoms with Gasteiger partial charge in [0.15, 0.2) is 0 Å². The van der Waals surface area contributed by atoms with Gasteiger partial charge in [-0.2, -0.15) is 0 Å². The lowest BCUT2D eigenvalue weighted by Crippen LogP contribution is -2.38. The van der Waals surface area contributed by atoms with E-state index in [0.717, 1.165) is 37.9 Å². The predicted molar refractivity (Wildman–Crippen MR) is 98.8 cm³/mol. The molecule has 0 radical (unpaired) electrons. The van der Waals surface area contributed by atoms with Crippen molar-refractivity contribution in [3.8, 4) is 0 Å². The van der Waals surface area contributed by atoms with Crippen molar-refractivity contribution in [2.75, 3.05) is 19.6 Å². The van der Waals surface area contributed by atoms with Gasteiger partial charge in [0.2, 0.25) is 11.5 Å². The minimum Gasteiger partial charge on any atom is -0.449 e. The molecule has 1 aliphatic rings. The first-order valence-corrected chi connectivity index (χ1v) is 8.97. The molecule has 1 saturated heterocycles. The molecule has 0 aliphatic carbocycles. The van der Waals surface area contributed by atoms with Gasteiger partial charge in [-0.3, -0.25) is 14.5 Å². The van der Waals surface area contributed by atoms with E-state index in [1.165, 1.54) is 0 Å². The van der Waals surface area contributed by atoms with Gasteiger partial charge < -0.3 is 14.7 Å². The SMILES string of the molecule is CC(=O)NCC1CCN(Cc2nc3c(oc4ccccc43)c(=O)[nH]2)CC1. The van der Waals surface area contributed by atoms with E-state index < -0.39 is 0 Å². The van der Waals surface area contributed by atoms with Crippen molar-refractivity contribution >= 4 is 28.0 Å². The van der Waals surface area contributed by atoms with Crippen LogP contribution in [0, 0.1) is 5.92 Å². The fraction of sp³-hybridized carbons (Fsp3) is 0.421. The average molecular weight is 354 g/mol. The maximum atomic E-state index is 12.4. The molecule has 0 spiro atoms. The molecule has 1 aliphatic heterocycles. The Hall–Kier alpha value is -2.67. The van der Waals surface area contributed by atoms with Crippen molar-refractivity contribution in [1.29, 1.82) is 0 Å². The fourth-order valence-corrected chi connectivity index (χ4v) is 3.57. The Balaban J connectivity index is 1.49. The van der Waals surface area contributed by atoms with Crippen LogP contribution in [0.25, 0.3) is 22.1 Å². The summed E-state index contributed by atoms with van der Waals surface area (Å²) in [6.45, 7) is 4.76. The standard InChI is InChI=1S/C19H22N4O3/c1-12(24)20-10-13-6-8-23(9-7-13)11-16-21-17-14-4-2-3-5-15(14)26-18(17)19(25)22-16/h2-5,13H,6-11H2,1H3,(H,20,24)(H,21,22,25). The summed E-state index contributed by atoms with van der Waals surface area (Å²) in [7, 11) is 0. The van der Waals surface area contributed by atoms with Crippen molar-refractivity contribution in [2.24, 2.45) is 5.92 Å². The maximum Gasteiger partial charge on any atom is 0.294 e. The number of H-pyrrole nitrogens is 1. The maximum absolute atomic E-state index is 12.4. The molecule has 7 nitrogen and oxygen atoms in total. The van der Waals surface area contributed by atoms with E-state index in [0.29, 0.717) is 29.4 Å². The highest BCUT2D eigenvalue weighted by Gasteiger charge is 2.21. The molecule has 0 bridgehead atoms. The van der Waals surface area contributed by atoms with E-state index in [1.54, 1.807) is 6.92 Å². The number of hydrogen-bond acceptors (Lipinski definition) is 5. The van der Waals surface area contributed by atoms with Gasteiger partial charge in [-0.1, -0.05) is 12.1 Å². The first-order chi connectivity index (χ1) is 12.6. The van der Waals surface area contributed by atoms with Crippen molar-refractivity contribution in [2.45, 2.75) is 26.3 Å². The summed E-state index contributed by atoms with van der Waals surface area (Å²) < 4.78 is 5.63. The molecule has 2 aromatic heterocycles. The number of rotatable bonds is 4. The lowest BCUT2D eigenvalue weighted by atomic mass is 9.97. The third-order valence-corrected chi connectivity index (χ3v) is 5.00. The number of nitrogens with one attached hydrogen (secondary N) is 2. The van der Waals surface area contributed by atoms with Gasteiger partial charge in [0.05, 0.1) is 6.54 Å². The zero-order valence-electron chi connectivity index (χ0n) is 14.7. The van der Waals surface area contributed by atoms with Gasteiger partial charge in [0.1, 0.15) is 16.9 Å². The molecule has 1 aromatic carbocycles. The first kappa shape index (κ1) is 16.8. The Labute approximate surface area is 150 Å². The van der Waals surface area contributed by atoms with Crippen LogP contribution < -0.4 is 10.9 Å². The monoisotopic (exact) mass is 354 g/mol. The number of nitrogens with zero attached hydrogens (tertiary/aromatic N) is 2. The first-order valence-electron chi connectivity index (χ1n) is 8.97. The van der Waals surface area contributed by atoms with Crippen LogP contribution in [0.1, 0.15) is 25.6 Å². The van der Waals surface area contributed by atoms with Crippen LogP contribution in [0.2, 0.25) is 0 Å². The van der Waals surface area contributed by atoms with Crippen LogP contribution in [-0.4, -0.2) is 40.4 Å². The van der Waals surface area contributed by atoms with Crippen LogP contribution >= 0.6 is 0 Å². The fourth-order valence-electron chi connectivity index (χ4n) is 3.57. The normalized spacial score (nSPS) is 16.3. The van der Waals surface area contributed by atoms with Gasteiger partial charge in [-0.05, 0) is 44.0 Å². The molecule has 136 valence electrons. The van der Waals surface area contributed by atoms with Crippen molar-refractivity contribution in [3.63, 3.8) is 0 Å². The summed E-state index contributed by atoms with van der Waals surface area (Å²) in [5.74, 6) is 1.20. The highest BCUT2D eigenvalue weighted by atomic mass is 16.3. The van der Waals surface area contributed by atoms with Crippen LogP contribution in [-0.2, 0) is 11.3 Å². The molecular formula is C19H22N4O3. The molecule has 1 amide bonds. The quantitative estimate of drug-likeness (QED) is 0.748. The molecule has 7 heteroatoms. The molecule has 2 N–H and O–H groups in total. The number of likely N-dealkylation sites (tertiary alicyclic amines) is 1. The summed E-state index contributed by atoms with van der Waals surface area (Å²) in [4.78, 5) is 33.2. The topological polar surface area (TPSA) is 91.2 Å². The highest BCUT2D eigenvalue weighted by Crippen LogP contribution is 2.25. The van der Waals surface area contributed by atoms with E-state index in [2.05, 4.69) is 20.2 Å². The summed E-state index contributed by atoms with van der Waals surface area (Å²) in [5, 5.41) is 3.76. The van der Waals surface area contributed by atoms with Crippen molar-refractivity contribution in [1.82, 2.24) is 20.2 Å². The van der Waals surface area contributed by atoms with Crippen LogP contribution in [0.5, 0.6) is 0 Å². The van der Waals surface area contributed by atoms with Crippen LogP contribution in [0.4, 0.5) is 0 Å². The summed E-state index contributed by atoms with van der Waals surface area (Å²) in [6.07, 6.45) is 2.06. The number of para-hydroxylation sites is 1. The number of hydrogen-bond donors (Lipinski definition) is 2. The third-order valence-electron chi connectivity index (χ3n) is 5.00. The van der Waals surface area contributed by atoms with Gasteiger partial charge >= 0.3 is 0 Å². The zero-order chi connectivity index (χ0) is 18.1. The molecular weight excluding hydrogens is 332 g/mol. The van der Waals surface area contributed by atoms with Gasteiger partial charge in [0.25, 0.3) is 5.56 Å². The van der Waals surface area contributed by atoms with E-state index in [-0.39, 0.29) is 17.0 Å². The zero-order valence-corrected chi connectivity index (χ0v) is 14.7. The lowest BCUT2D eigenvalue weighted by Gasteiger charge is -2.31. The number of aromatic amines is 1. The van der Waals surface area contributed by atoms with Crippen LogP contribution in [0.15, 0.2) is 33.5 Å². The second-order valence-electron chi connectivity index (χ2n) is 6.95. The van der Waals surface area contributed by atoms with E-state index in [4.69, 9.17) is 4.42 Å². The van der Waals surface area contributed by atoms with Crippen molar-refractivity contribution < 1.29 is 9.21 Å². The number of carbonyl (C=O) groups excluding carboxylic acids is 1. The molecule has 26 heavy (non-hydrogen) atoms. The minimum atomic E-state index is -0.234. The van der Waals surface area contributed by atoms with Gasteiger partial charge in [0, 0.05) is 18.9 Å². The molecule has 0 atom stereocenters. The van der Waals surface area contributed by atoms with Crippen LogP contribution in [0.3, 0.4) is 0 Å². The Morgan fingerprint density at radius 2 is 2.12 bits per heavy atom. The summed E-state index contributed by atoms with van der Waals surface area (Å²) in [6, 6.07) is 7.56. The molecule has 4 rings (SSSR count).